The molecular weight excluding hydrogens is 222 g/mol. The van der Waals surface area contributed by atoms with Crippen molar-refractivity contribution in [2.45, 2.75) is 6.92 Å². The van der Waals surface area contributed by atoms with E-state index < -0.39 is 5.91 Å². The lowest BCUT2D eigenvalue weighted by Gasteiger charge is -2.01. The van der Waals surface area contributed by atoms with Gasteiger partial charge in [-0.2, -0.15) is 5.53 Å². The highest BCUT2D eigenvalue weighted by atomic mass is 16.2. The van der Waals surface area contributed by atoms with Crippen molar-refractivity contribution in [3.8, 4) is 0 Å². The third kappa shape index (κ3) is 2.30. The molecular formula is C9H9N7O. The van der Waals surface area contributed by atoms with Gasteiger partial charge < -0.3 is 10.3 Å². The van der Waals surface area contributed by atoms with E-state index in [1.54, 1.807) is 18.3 Å². The Morgan fingerprint density at radius 3 is 3.12 bits per heavy atom. The summed E-state index contributed by atoms with van der Waals surface area (Å²) >= 11 is 0. The lowest BCUT2D eigenvalue weighted by atomic mass is 10.3. The molecule has 0 aromatic carbocycles. The van der Waals surface area contributed by atoms with E-state index in [0.29, 0.717) is 5.65 Å². The second-order valence-electron chi connectivity index (χ2n) is 3.25. The number of nitrogens with zero attached hydrogens (tertiary/aromatic N) is 4. The number of hydrogen-bond donors (Lipinski definition) is 3. The molecule has 2 aromatic heterocycles. The maximum Gasteiger partial charge on any atom is 0.277 e. The van der Waals surface area contributed by atoms with Crippen molar-refractivity contribution in [1.82, 2.24) is 20.5 Å². The standard InChI is InChI=1S/C9H9N7O/c1-5(13-16-10)12-9(17)7-4-6-2-3-11-8(6)15-14-7/h2-4H,1H3,(H,11,15)(H2,10,12,13,17). The number of aromatic amines is 1. The van der Waals surface area contributed by atoms with Crippen LogP contribution >= 0.6 is 0 Å². The average Bonchev–Trinajstić information content (AvgIpc) is 2.75. The van der Waals surface area contributed by atoms with Crippen molar-refractivity contribution in [1.29, 1.82) is 5.53 Å². The van der Waals surface area contributed by atoms with Crippen molar-refractivity contribution in [2.75, 3.05) is 0 Å². The van der Waals surface area contributed by atoms with E-state index in [-0.39, 0.29) is 11.5 Å². The van der Waals surface area contributed by atoms with Gasteiger partial charge in [0, 0.05) is 11.6 Å². The van der Waals surface area contributed by atoms with Crippen LogP contribution in [-0.2, 0) is 0 Å². The van der Waals surface area contributed by atoms with Crippen molar-refractivity contribution in [3.63, 3.8) is 0 Å². The van der Waals surface area contributed by atoms with E-state index >= 15 is 0 Å². The number of hydrogen-bond acceptors (Lipinski definition) is 5. The zero-order chi connectivity index (χ0) is 12.3. The van der Waals surface area contributed by atoms with Crippen molar-refractivity contribution in [3.05, 3.63) is 24.0 Å². The van der Waals surface area contributed by atoms with Crippen LogP contribution in [0.25, 0.3) is 11.0 Å². The monoisotopic (exact) mass is 231 g/mol. The molecule has 2 rings (SSSR count). The molecule has 17 heavy (non-hydrogen) atoms. The molecule has 0 aliphatic carbocycles. The molecule has 2 heterocycles. The van der Waals surface area contributed by atoms with E-state index in [4.69, 9.17) is 5.53 Å². The summed E-state index contributed by atoms with van der Waals surface area (Å²) in [6, 6.07) is 3.40. The number of amidine groups is 1. The zero-order valence-electron chi connectivity index (χ0n) is 8.93. The molecule has 0 aliphatic heterocycles. The summed E-state index contributed by atoms with van der Waals surface area (Å²) in [7, 11) is 0. The number of carbonyl (C=O) groups excluding carboxylic acids is 1. The molecule has 0 atom stereocenters. The average molecular weight is 231 g/mol. The third-order valence-electron chi connectivity index (χ3n) is 2.03. The molecule has 0 bridgehead atoms. The van der Waals surface area contributed by atoms with Gasteiger partial charge in [-0.05, 0) is 19.1 Å². The summed E-state index contributed by atoms with van der Waals surface area (Å²) in [6.45, 7) is 1.53. The van der Waals surface area contributed by atoms with Gasteiger partial charge in [-0.3, -0.25) is 4.79 Å². The Kier molecular flexibility index (Phi) is 2.86. The van der Waals surface area contributed by atoms with E-state index in [1.165, 1.54) is 6.92 Å². The van der Waals surface area contributed by atoms with Gasteiger partial charge in [-0.15, -0.1) is 15.3 Å². The summed E-state index contributed by atoms with van der Waals surface area (Å²) < 4.78 is 0. The van der Waals surface area contributed by atoms with Gasteiger partial charge in [-0.1, -0.05) is 5.22 Å². The molecule has 0 saturated heterocycles. The number of fused-ring (bicyclic) bond motifs is 1. The van der Waals surface area contributed by atoms with Gasteiger partial charge >= 0.3 is 0 Å². The highest BCUT2D eigenvalue weighted by Crippen LogP contribution is 2.08. The normalized spacial score (nSPS) is 11.5. The Morgan fingerprint density at radius 2 is 2.35 bits per heavy atom. The Balaban J connectivity index is 2.24. The first kappa shape index (κ1) is 10.9. The fourth-order valence-electron chi connectivity index (χ4n) is 1.30. The molecule has 0 radical (unpaired) electrons. The minimum atomic E-state index is -0.439. The van der Waals surface area contributed by atoms with Crippen LogP contribution < -0.4 is 5.32 Å². The van der Waals surface area contributed by atoms with Crippen molar-refractivity contribution < 1.29 is 4.79 Å². The second-order valence-corrected chi connectivity index (χ2v) is 3.25. The predicted octanol–water partition coefficient (Wildman–Crippen LogP) is 1.05. The lowest BCUT2D eigenvalue weighted by molar-refractivity contribution is 0.0971. The first-order valence-corrected chi connectivity index (χ1v) is 4.74. The first-order valence-electron chi connectivity index (χ1n) is 4.74. The van der Waals surface area contributed by atoms with Gasteiger partial charge in [0.1, 0.15) is 5.84 Å². The maximum absolute atomic E-state index is 11.7. The molecule has 86 valence electrons. The quantitative estimate of drug-likeness (QED) is 0.310. The van der Waals surface area contributed by atoms with E-state index in [9.17, 15) is 4.79 Å². The van der Waals surface area contributed by atoms with Crippen molar-refractivity contribution in [2.24, 2.45) is 10.3 Å². The lowest BCUT2D eigenvalue weighted by Crippen LogP contribution is -2.29. The van der Waals surface area contributed by atoms with Crippen LogP contribution in [0.1, 0.15) is 17.4 Å². The van der Waals surface area contributed by atoms with Gasteiger partial charge in [0.05, 0.1) is 0 Å². The number of amides is 1. The Labute approximate surface area is 95.6 Å². The number of aromatic nitrogens is 3. The fraction of sp³-hybridized carbons (Fsp3) is 0.111. The van der Waals surface area contributed by atoms with Crippen LogP contribution in [0, 0.1) is 5.53 Å². The minimum absolute atomic E-state index is 0.177. The number of H-pyrrole nitrogens is 1. The van der Waals surface area contributed by atoms with Gasteiger partial charge in [-0.25, -0.2) is 0 Å². The number of nitrogens with one attached hydrogen (secondary N) is 3. The second kappa shape index (κ2) is 4.47. The molecule has 0 unspecified atom stereocenters. The SMILES string of the molecule is C/C(=N\N=N)NC(=O)c1cc2cc[nH]c2nn1. The molecule has 8 heteroatoms. The van der Waals surface area contributed by atoms with Gasteiger partial charge in [0.25, 0.3) is 5.91 Å². The predicted molar refractivity (Wildman–Crippen MR) is 59.6 cm³/mol. The smallest absolute Gasteiger partial charge is 0.277 e. The van der Waals surface area contributed by atoms with Crippen molar-refractivity contribution >= 4 is 22.8 Å². The summed E-state index contributed by atoms with van der Waals surface area (Å²) in [4.78, 5) is 14.6. The van der Waals surface area contributed by atoms with E-state index in [2.05, 4.69) is 30.8 Å². The number of carbonyl (C=O) groups is 1. The van der Waals surface area contributed by atoms with Crippen LogP contribution in [-0.4, -0.2) is 26.9 Å². The van der Waals surface area contributed by atoms with Crippen LogP contribution in [0.2, 0.25) is 0 Å². The Bertz CT molecular complexity index is 600. The number of rotatable bonds is 2. The highest BCUT2D eigenvalue weighted by molar-refractivity contribution is 6.05. The van der Waals surface area contributed by atoms with E-state index in [1.807, 2.05) is 0 Å². The molecule has 3 N–H and O–H groups in total. The minimum Gasteiger partial charge on any atom is -0.345 e. The molecule has 2 aromatic rings. The summed E-state index contributed by atoms with van der Waals surface area (Å²) in [5.41, 5.74) is 7.32. The Morgan fingerprint density at radius 1 is 1.53 bits per heavy atom. The largest absolute Gasteiger partial charge is 0.345 e. The zero-order valence-corrected chi connectivity index (χ0v) is 8.93. The maximum atomic E-state index is 11.7. The highest BCUT2D eigenvalue weighted by Gasteiger charge is 2.10. The molecule has 0 spiro atoms. The molecule has 0 aliphatic rings. The van der Waals surface area contributed by atoms with E-state index in [0.717, 1.165) is 5.39 Å². The van der Waals surface area contributed by atoms with Crippen LogP contribution in [0.4, 0.5) is 0 Å². The van der Waals surface area contributed by atoms with Gasteiger partial charge in [0.15, 0.2) is 11.3 Å². The Hall–Kier alpha value is -2.64. The van der Waals surface area contributed by atoms with Crippen LogP contribution in [0.5, 0.6) is 0 Å². The van der Waals surface area contributed by atoms with Crippen LogP contribution in [0.15, 0.2) is 28.7 Å². The molecule has 0 fully saturated rings. The molecule has 0 saturated carbocycles. The van der Waals surface area contributed by atoms with Crippen LogP contribution in [0.3, 0.4) is 0 Å². The summed E-state index contributed by atoms with van der Waals surface area (Å²) in [5, 5.41) is 17.0. The third-order valence-corrected chi connectivity index (χ3v) is 2.03. The molecule has 1 amide bonds. The fourth-order valence-corrected chi connectivity index (χ4v) is 1.30. The van der Waals surface area contributed by atoms with Gasteiger partial charge in [0.2, 0.25) is 0 Å². The topological polar surface area (TPSA) is 119 Å². The first-order chi connectivity index (χ1) is 8.20. The summed E-state index contributed by atoms with van der Waals surface area (Å²) in [6.07, 6.45) is 1.71. The summed E-state index contributed by atoms with van der Waals surface area (Å²) in [5.74, 6) is -0.216. The molecule has 8 nitrogen and oxygen atoms in total.